The van der Waals surface area contributed by atoms with Gasteiger partial charge in [0, 0.05) is 66.4 Å². The van der Waals surface area contributed by atoms with E-state index in [0.717, 1.165) is 17.5 Å². The van der Waals surface area contributed by atoms with Crippen LogP contribution in [-0.4, -0.2) is 45.4 Å². The molecule has 1 aliphatic rings. The summed E-state index contributed by atoms with van der Waals surface area (Å²) in [6.45, 7) is 1.21. The van der Waals surface area contributed by atoms with Crippen molar-refractivity contribution < 1.29 is 9.53 Å². The lowest BCUT2D eigenvalue weighted by Crippen LogP contribution is -2.35. The molecule has 44 heavy (non-hydrogen) atoms. The predicted octanol–water partition coefficient (Wildman–Crippen LogP) is 5.48. The molecule has 224 valence electrons. The van der Waals surface area contributed by atoms with Gasteiger partial charge >= 0.3 is 0 Å². The van der Waals surface area contributed by atoms with E-state index in [4.69, 9.17) is 32.9 Å². The summed E-state index contributed by atoms with van der Waals surface area (Å²) in [6, 6.07) is 17.0. The topological polar surface area (TPSA) is 123 Å². The molecule has 3 N–H and O–H groups in total. The van der Waals surface area contributed by atoms with Crippen LogP contribution in [-0.2, 0) is 18.4 Å². The van der Waals surface area contributed by atoms with Crippen LogP contribution >= 0.6 is 23.2 Å². The number of pyridine rings is 2. The minimum absolute atomic E-state index is 0.0930. The number of carbonyl (C=O) groups is 1. The molecule has 6 rings (SSSR count). The lowest BCUT2D eigenvalue weighted by atomic mass is 10.00. The summed E-state index contributed by atoms with van der Waals surface area (Å²) < 4.78 is 6.88. The van der Waals surface area contributed by atoms with Crippen LogP contribution in [0.4, 0.5) is 11.5 Å². The van der Waals surface area contributed by atoms with Crippen LogP contribution in [0.5, 0.6) is 5.88 Å². The van der Waals surface area contributed by atoms with Gasteiger partial charge in [0.05, 0.1) is 40.1 Å². The van der Waals surface area contributed by atoms with E-state index in [9.17, 15) is 9.59 Å². The Morgan fingerprint density at radius 1 is 1.02 bits per heavy atom. The van der Waals surface area contributed by atoms with Crippen molar-refractivity contribution in [3.63, 3.8) is 0 Å². The summed E-state index contributed by atoms with van der Waals surface area (Å²) in [5.41, 5.74) is 3.97. The number of carbonyl (C=O) groups excluding carboxylic acids is 1. The van der Waals surface area contributed by atoms with Crippen LogP contribution in [0.15, 0.2) is 71.8 Å². The average molecular weight is 631 g/mol. The Morgan fingerprint density at radius 2 is 1.80 bits per heavy atom. The third-order valence-corrected chi connectivity index (χ3v) is 8.42. The molecule has 0 spiro atoms. The number of nitrogens with one attached hydrogen (secondary N) is 3. The van der Waals surface area contributed by atoms with Crippen molar-refractivity contribution in [1.82, 2.24) is 30.4 Å². The van der Waals surface area contributed by atoms with Gasteiger partial charge in [-0.1, -0.05) is 59.6 Å². The second-order valence-corrected chi connectivity index (χ2v) is 11.2. The maximum atomic E-state index is 12.9. The van der Waals surface area contributed by atoms with E-state index in [2.05, 4.69) is 26.0 Å². The van der Waals surface area contributed by atoms with E-state index in [0.29, 0.717) is 74.5 Å². The maximum Gasteiger partial charge on any atom is 0.278 e. The number of nitrogens with zero attached hydrogens (tertiary/aromatic N) is 4. The molecule has 1 aliphatic heterocycles. The Hall–Kier alpha value is -4.51. The summed E-state index contributed by atoms with van der Waals surface area (Å²) in [6.07, 6.45) is 4.63. The quantitative estimate of drug-likeness (QED) is 0.196. The highest BCUT2D eigenvalue weighted by atomic mass is 35.5. The van der Waals surface area contributed by atoms with Crippen molar-refractivity contribution in [2.24, 2.45) is 7.05 Å². The number of hydrogen-bond acceptors (Lipinski definition) is 8. The Morgan fingerprint density at radius 3 is 2.57 bits per heavy atom. The van der Waals surface area contributed by atoms with Crippen molar-refractivity contribution in [1.29, 1.82) is 0 Å². The Labute approximate surface area is 263 Å². The number of methoxy groups -OCH3 is 1. The minimum atomic E-state index is -0.270. The second kappa shape index (κ2) is 12.6. The van der Waals surface area contributed by atoms with Crippen LogP contribution in [0.2, 0.25) is 10.0 Å². The van der Waals surface area contributed by atoms with Gasteiger partial charge in [0.1, 0.15) is 5.82 Å². The average Bonchev–Trinajstić information content (AvgIpc) is 3.45. The molecule has 10 nitrogen and oxygen atoms in total. The molecule has 0 radical (unpaired) electrons. The number of rotatable bonds is 9. The van der Waals surface area contributed by atoms with Gasteiger partial charge in [-0.3, -0.25) is 9.59 Å². The fraction of sp³-hybridized carbons (Fsp3) is 0.219. The standard InChI is InChI=1S/C32H29Cl2N7O3/c1-41-32(43)27-18(16-37-41)13-14-36-30(27)39-25-8-4-6-22(29(25)34)21-5-3-7-23(28(21)33)24-11-9-19(31(40-24)44-2)15-35-17-20-10-12-26(42)38-20/h3-9,11,13-14,16,20,35H,10,12,15,17H2,1-2H3,(H,36,39)(H,38,42). The molecule has 4 heterocycles. The zero-order chi connectivity index (χ0) is 30.8. The number of ether oxygens (including phenoxy) is 1. The predicted molar refractivity (Wildman–Crippen MR) is 173 cm³/mol. The highest BCUT2D eigenvalue weighted by Gasteiger charge is 2.21. The molecule has 1 unspecified atom stereocenters. The summed E-state index contributed by atoms with van der Waals surface area (Å²) in [5.74, 6) is 0.957. The first kappa shape index (κ1) is 29.6. The molecule has 3 aromatic heterocycles. The molecule has 1 atom stereocenters. The molecular formula is C32H29Cl2N7O3. The Bertz CT molecular complexity index is 1950. The number of hydrogen-bond donors (Lipinski definition) is 3. The summed E-state index contributed by atoms with van der Waals surface area (Å²) >= 11 is 14.0. The van der Waals surface area contributed by atoms with Crippen LogP contribution in [0.3, 0.4) is 0 Å². The van der Waals surface area contributed by atoms with E-state index in [1.165, 1.54) is 4.68 Å². The van der Waals surface area contributed by atoms with Crippen molar-refractivity contribution in [2.75, 3.05) is 19.0 Å². The van der Waals surface area contributed by atoms with Crippen LogP contribution in [0.25, 0.3) is 33.2 Å². The molecule has 5 aromatic rings. The van der Waals surface area contributed by atoms with Gasteiger partial charge in [0.2, 0.25) is 11.8 Å². The number of aromatic nitrogens is 4. The normalized spacial score (nSPS) is 14.5. The van der Waals surface area contributed by atoms with Crippen molar-refractivity contribution in [2.45, 2.75) is 25.4 Å². The van der Waals surface area contributed by atoms with Crippen LogP contribution in [0.1, 0.15) is 18.4 Å². The van der Waals surface area contributed by atoms with E-state index >= 15 is 0 Å². The number of benzene rings is 2. The third kappa shape index (κ3) is 5.84. The highest BCUT2D eigenvalue weighted by molar-refractivity contribution is 6.39. The van der Waals surface area contributed by atoms with Crippen molar-refractivity contribution >= 4 is 51.4 Å². The van der Waals surface area contributed by atoms with Gasteiger partial charge in [0.15, 0.2) is 0 Å². The number of fused-ring (bicyclic) bond motifs is 1. The lowest BCUT2D eigenvalue weighted by Gasteiger charge is -2.16. The summed E-state index contributed by atoms with van der Waals surface area (Å²) in [7, 11) is 3.18. The third-order valence-electron chi connectivity index (χ3n) is 7.60. The first-order chi connectivity index (χ1) is 21.3. The second-order valence-electron chi connectivity index (χ2n) is 10.5. The van der Waals surface area contributed by atoms with E-state index in [-0.39, 0.29) is 17.5 Å². The first-order valence-corrected chi connectivity index (χ1v) is 14.8. The van der Waals surface area contributed by atoms with E-state index in [1.54, 1.807) is 32.6 Å². The molecule has 0 bridgehead atoms. The van der Waals surface area contributed by atoms with Crippen LogP contribution < -0.4 is 26.2 Å². The van der Waals surface area contributed by atoms with Crippen molar-refractivity contribution in [3.8, 4) is 28.3 Å². The van der Waals surface area contributed by atoms with Gasteiger partial charge in [-0.2, -0.15) is 5.10 Å². The van der Waals surface area contributed by atoms with Gasteiger partial charge in [-0.05, 0) is 24.6 Å². The SMILES string of the molecule is COc1nc(-c2cccc(-c3cccc(Nc4nccc5cnn(C)c(=O)c45)c3Cl)c2Cl)ccc1CNCC1CCC(=O)N1. The zero-order valence-corrected chi connectivity index (χ0v) is 25.5. The number of anilines is 2. The Kier molecular flexibility index (Phi) is 8.47. The fourth-order valence-corrected chi connectivity index (χ4v) is 5.91. The van der Waals surface area contributed by atoms with Crippen molar-refractivity contribution in [3.05, 3.63) is 93.0 Å². The summed E-state index contributed by atoms with van der Waals surface area (Å²) in [4.78, 5) is 33.5. The fourth-order valence-electron chi connectivity index (χ4n) is 5.31. The first-order valence-electron chi connectivity index (χ1n) is 14.0. The molecule has 0 aliphatic carbocycles. The number of aryl methyl sites for hydroxylation is 1. The van der Waals surface area contributed by atoms with Gasteiger partial charge < -0.3 is 20.7 Å². The van der Waals surface area contributed by atoms with Crippen LogP contribution in [0, 0.1) is 0 Å². The largest absolute Gasteiger partial charge is 0.481 e. The smallest absolute Gasteiger partial charge is 0.278 e. The van der Waals surface area contributed by atoms with Gasteiger partial charge in [-0.15, -0.1) is 0 Å². The molecule has 1 amide bonds. The van der Waals surface area contributed by atoms with Gasteiger partial charge in [-0.25, -0.2) is 14.6 Å². The minimum Gasteiger partial charge on any atom is -0.481 e. The monoisotopic (exact) mass is 629 g/mol. The summed E-state index contributed by atoms with van der Waals surface area (Å²) in [5, 5.41) is 15.6. The number of amides is 1. The molecule has 0 saturated carbocycles. The highest BCUT2D eigenvalue weighted by Crippen LogP contribution is 2.42. The van der Waals surface area contributed by atoms with E-state index < -0.39 is 0 Å². The zero-order valence-electron chi connectivity index (χ0n) is 24.0. The molecule has 1 saturated heterocycles. The molecule has 1 fully saturated rings. The van der Waals surface area contributed by atoms with Gasteiger partial charge in [0.25, 0.3) is 5.56 Å². The Balaban J connectivity index is 1.28. The molecule has 2 aromatic carbocycles. The number of halogens is 2. The maximum absolute atomic E-state index is 12.9. The van der Waals surface area contributed by atoms with E-state index in [1.807, 2.05) is 48.5 Å². The lowest BCUT2D eigenvalue weighted by molar-refractivity contribution is -0.119. The molecule has 12 heteroatoms. The molecular weight excluding hydrogens is 601 g/mol.